The zero-order valence-electron chi connectivity index (χ0n) is 17.9. The van der Waals surface area contributed by atoms with Gasteiger partial charge >= 0.3 is 6.36 Å². The van der Waals surface area contributed by atoms with Crippen molar-refractivity contribution in [2.45, 2.75) is 56.9 Å². The highest BCUT2D eigenvalue weighted by atomic mass is 19.4. The van der Waals surface area contributed by atoms with Gasteiger partial charge in [0.15, 0.2) is 6.10 Å². The first-order valence-corrected chi connectivity index (χ1v) is 10.7. The van der Waals surface area contributed by atoms with Crippen LogP contribution >= 0.6 is 0 Å². The molecular weight excluding hydrogens is 444 g/mol. The van der Waals surface area contributed by atoms with Gasteiger partial charge in [-0.3, -0.25) is 4.79 Å². The second-order valence-corrected chi connectivity index (χ2v) is 8.65. The third-order valence-corrected chi connectivity index (χ3v) is 6.17. The fourth-order valence-electron chi connectivity index (χ4n) is 4.45. The summed E-state index contributed by atoms with van der Waals surface area (Å²) in [6.07, 6.45) is -1.07. The van der Waals surface area contributed by atoms with Crippen LogP contribution in [0.5, 0.6) is 17.2 Å². The van der Waals surface area contributed by atoms with E-state index in [9.17, 15) is 27.5 Å². The molecule has 2 aliphatic rings. The van der Waals surface area contributed by atoms with E-state index in [1.807, 2.05) is 6.92 Å². The van der Waals surface area contributed by atoms with Crippen LogP contribution in [0.1, 0.15) is 44.6 Å². The number of phenols is 1. The van der Waals surface area contributed by atoms with Crippen molar-refractivity contribution in [3.63, 3.8) is 0 Å². The van der Waals surface area contributed by atoms with Gasteiger partial charge in [-0.25, -0.2) is 4.39 Å². The van der Waals surface area contributed by atoms with Gasteiger partial charge in [0, 0.05) is 17.7 Å². The average Bonchev–Trinajstić information content (AvgIpc) is 2.75. The van der Waals surface area contributed by atoms with Crippen LogP contribution in [0.25, 0.3) is 0 Å². The molecular formula is C23H24F4N2O4. The molecule has 2 aromatic carbocycles. The SMILES string of the molecule is CC1(c2cc(F)c(NC(=O)C3CNc4cc(OC(F)(F)F)ccc4O3)cc2O)CCCCC1. The number of hydrogen-bond donors (Lipinski definition) is 3. The van der Waals surface area contributed by atoms with Crippen LogP contribution in [-0.2, 0) is 10.2 Å². The summed E-state index contributed by atoms with van der Waals surface area (Å²) in [6.45, 7) is 1.95. The molecule has 1 atom stereocenters. The number of anilines is 2. The van der Waals surface area contributed by atoms with E-state index in [0.29, 0.717) is 5.56 Å². The first-order chi connectivity index (χ1) is 15.5. The molecule has 4 rings (SSSR count). The number of aromatic hydroxyl groups is 1. The Morgan fingerprint density at radius 2 is 1.94 bits per heavy atom. The van der Waals surface area contributed by atoms with Gasteiger partial charge in [-0.2, -0.15) is 0 Å². The molecule has 1 heterocycles. The van der Waals surface area contributed by atoms with Crippen molar-refractivity contribution < 1.29 is 36.9 Å². The topological polar surface area (TPSA) is 79.8 Å². The van der Waals surface area contributed by atoms with Crippen molar-refractivity contribution in [2.24, 2.45) is 0 Å². The maximum atomic E-state index is 14.8. The van der Waals surface area contributed by atoms with Crippen LogP contribution in [-0.4, -0.2) is 30.0 Å². The van der Waals surface area contributed by atoms with E-state index in [1.54, 1.807) is 0 Å². The first kappa shape index (κ1) is 23.0. The summed E-state index contributed by atoms with van der Waals surface area (Å²) in [5.74, 6) is -1.69. The molecule has 2 aromatic rings. The first-order valence-electron chi connectivity index (χ1n) is 10.7. The van der Waals surface area contributed by atoms with E-state index in [4.69, 9.17) is 4.74 Å². The molecule has 1 fully saturated rings. The Balaban J connectivity index is 1.45. The molecule has 33 heavy (non-hydrogen) atoms. The van der Waals surface area contributed by atoms with Gasteiger partial charge in [-0.15, -0.1) is 13.2 Å². The quantitative estimate of drug-likeness (QED) is 0.519. The van der Waals surface area contributed by atoms with Crippen LogP contribution in [0, 0.1) is 5.82 Å². The maximum absolute atomic E-state index is 14.8. The number of alkyl halides is 3. The number of rotatable bonds is 4. The zero-order valence-corrected chi connectivity index (χ0v) is 17.9. The lowest BCUT2D eigenvalue weighted by Gasteiger charge is -2.34. The van der Waals surface area contributed by atoms with E-state index in [-0.39, 0.29) is 34.8 Å². The Kier molecular flexibility index (Phi) is 6.02. The normalized spacial score (nSPS) is 19.6. The fourth-order valence-corrected chi connectivity index (χ4v) is 4.45. The highest BCUT2D eigenvalue weighted by Gasteiger charge is 2.34. The molecule has 6 nitrogen and oxygen atoms in total. The van der Waals surface area contributed by atoms with Crippen molar-refractivity contribution in [3.05, 3.63) is 41.7 Å². The molecule has 0 aromatic heterocycles. The van der Waals surface area contributed by atoms with Crippen molar-refractivity contribution in [2.75, 3.05) is 17.2 Å². The van der Waals surface area contributed by atoms with E-state index in [0.717, 1.165) is 44.2 Å². The largest absolute Gasteiger partial charge is 0.573 e. The average molecular weight is 468 g/mol. The minimum absolute atomic E-state index is 0.0575. The molecule has 0 bridgehead atoms. The van der Waals surface area contributed by atoms with Crippen LogP contribution in [0.2, 0.25) is 0 Å². The summed E-state index contributed by atoms with van der Waals surface area (Å²) in [7, 11) is 0. The second kappa shape index (κ2) is 8.64. The van der Waals surface area contributed by atoms with Crippen LogP contribution < -0.4 is 20.1 Å². The van der Waals surface area contributed by atoms with Crippen LogP contribution in [0.4, 0.5) is 28.9 Å². The Bertz CT molecular complexity index is 1050. The monoisotopic (exact) mass is 468 g/mol. The molecule has 0 saturated heterocycles. The molecule has 3 N–H and O–H groups in total. The van der Waals surface area contributed by atoms with E-state index in [1.165, 1.54) is 18.2 Å². The number of hydrogen-bond acceptors (Lipinski definition) is 5. The van der Waals surface area contributed by atoms with Crippen LogP contribution in [0.15, 0.2) is 30.3 Å². The molecule has 1 aliphatic carbocycles. The molecule has 0 spiro atoms. The summed E-state index contributed by atoms with van der Waals surface area (Å²) in [6, 6.07) is 5.89. The fraction of sp³-hybridized carbons (Fsp3) is 0.435. The molecule has 0 radical (unpaired) electrons. The lowest BCUT2D eigenvalue weighted by Crippen LogP contribution is -2.41. The maximum Gasteiger partial charge on any atom is 0.573 e. The molecule has 10 heteroatoms. The lowest BCUT2D eigenvalue weighted by atomic mass is 9.70. The van der Waals surface area contributed by atoms with Crippen molar-refractivity contribution in [3.8, 4) is 17.2 Å². The predicted octanol–water partition coefficient (Wildman–Crippen LogP) is 5.46. The minimum Gasteiger partial charge on any atom is -0.508 e. The predicted molar refractivity (Wildman–Crippen MR) is 113 cm³/mol. The van der Waals surface area contributed by atoms with Gasteiger partial charge in [0.2, 0.25) is 0 Å². The van der Waals surface area contributed by atoms with Gasteiger partial charge < -0.3 is 25.2 Å². The highest BCUT2D eigenvalue weighted by Crippen LogP contribution is 2.44. The Morgan fingerprint density at radius 3 is 2.64 bits per heavy atom. The molecule has 1 saturated carbocycles. The summed E-state index contributed by atoms with van der Waals surface area (Å²) in [5, 5.41) is 15.8. The number of nitrogens with one attached hydrogen (secondary N) is 2. The summed E-state index contributed by atoms with van der Waals surface area (Å²) < 4.78 is 61.4. The molecule has 178 valence electrons. The number of ether oxygens (including phenoxy) is 2. The van der Waals surface area contributed by atoms with Crippen LogP contribution in [0.3, 0.4) is 0 Å². The Morgan fingerprint density at radius 1 is 1.21 bits per heavy atom. The van der Waals surface area contributed by atoms with Gasteiger partial charge in [-0.1, -0.05) is 26.2 Å². The third-order valence-electron chi connectivity index (χ3n) is 6.17. The minimum atomic E-state index is -4.83. The molecule has 1 amide bonds. The van der Waals surface area contributed by atoms with Gasteiger partial charge in [0.25, 0.3) is 5.91 Å². The van der Waals surface area contributed by atoms with Gasteiger partial charge in [-0.05, 0) is 36.5 Å². The molecule has 1 unspecified atom stereocenters. The summed E-state index contributed by atoms with van der Waals surface area (Å²) in [4.78, 5) is 12.6. The van der Waals surface area contributed by atoms with E-state index < -0.39 is 29.9 Å². The van der Waals surface area contributed by atoms with E-state index >= 15 is 0 Å². The number of phenolic OH excluding ortho intramolecular Hbond substituents is 1. The second-order valence-electron chi connectivity index (χ2n) is 8.65. The number of amides is 1. The lowest BCUT2D eigenvalue weighted by molar-refractivity contribution is -0.274. The smallest absolute Gasteiger partial charge is 0.508 e. The van der Waals surface area contributed by atoms with Gasteiger partial charge in [0.05, 0.1) is 17.9 Å². The van der Waals surface area contributed by atoms with Gasteiger partial charge in [0.1, 0.15) is 23.1 Å². The summed E-state index contributed by atoms with van der Waals surface area (Å²) >= 11 is 0. The number of benzene rings is 2. The number of carbonyl (C=O) groups is 1. The summed E-state index contributed by atoms with van der Waals surface area (Å²) in [5.41, 5.74) is 0.262. The van der Waals surface area contributed by atoms with Crippen molar-refractivity contribution >= 4 is 17.3 Å². The third kappa shape index (κ3) is 5.09. The molecule has 1 aliphatic heterocycles. The highest BCUT2D eigenvalue weighted by molar-refractivity contribution is 5.95. The van der Waals surface area contributed by atoms with Crippen molar-refractivity contribution in [1.29, 1.82) is 0 Å². The number of halogens is 4. The Labute approximate surface area is 187 Å². The number of fused-ring (bicyclic) bond motifs is 1. The van der Waals surface area contributed by atoms with Crippen molar-refractivity contribution in [1.82, 2.24) is 0 Å². The zero-order chi connectivity index (χ0) is 23.8. The van der Waals surface area contributed by atoms with E-state index in [2.05, 4.69) is 15.4 Å². The number of carbonyl (C=O) groups excluding carboxylic acids is 1. The standard InChI is InChI=1S/C23H24F4N2O4/c1-22(7-3-2-4-8-22)14-10-15(24)16(11-18(14)30)29-21(31)20-12-28-17-9-13(33-23(25,26)27)5-6-19(17)32-20/h5-6,9-11,20,28,30H,2-4,7-8,12H2,1H3,(H,29,31). The Hall–Kier alpha value is -3.17.